The minimum Gasteiger partial charge on any atom is -0.311 e. The van der Waals surface area contributed by atoms with Crippen LogP contribution in [0.4, 0.5) is 0 Å². The van der Waals surface area contributed by atoms with Crippen molar-refractivity contribution in [1.82, 2.24) is 10.2 Å². The summed E-state index contributed by atoms with van der Waals surface area (Å²) in [5.41, 5.74) is 0. The maximum Gasteiger partial charge on any atom is 0.0125 e. The van der Waals surface area contributed by atoms with Crippen LogP contribution in [0.25, 0.3) is 0 Å². The molecule has 0 radical (unpaired) electrons. The van der Waals surface area contributed by atoms with Crippen molar-refractivity contribution in [1.29, 1.82) is 0 Å². The number of nitrogens with zero attached hydrogens (tertiary/aromatic N) is 1. The fourth-order valence-electron chi connectivity index (χ4n) is 4.64. The summed E-state index contributed by atoms with van der Waals surface area (Å²) in [5.74, 6) is 0.969. The summed E-state index contributed by atoms with van der Waals surface area (Å²) in [5, 5.41) is 3.77. The number of piperidine rings is 1. The lowest BCUT2D eigenvalue weighted by molar-refractivity contribution is 0.0848. The average Bonchev–Trinajstić information content (AvgIpc) is 2.77. The van der Waals surface area contributed by atoms with Gasteiger partial charge in [-0.3, -0.25) is 0 Å². The van der Waals surface area contributed by atoms with E-state index in [0.29, 0.717) is 0 Å². The molecule has 3 aliphatic rings. The first-order valence-corrected chi connectivity index (χ1v) is 8.22. The molecular weight excluding hydrogens is 220 g/mol. The van der Waals surface area contributed by atoms with Gasteiger partial charge in [-0.2, -0.15) is 0 Å². The van der Waals surface area contributed by atoms with Gasteiger partial charge in [0.15, 0.2) is 0 Å². The Bertz CT molecular complexity index is 260. The monoisotopic (exact) mass is 250 g/mol. The Hall–Kier alpha value is -0.0800. The van der Waals surface area contributed by atoms with Gasteiger partial charge in [0.1, 0.15) is 0 Å². The maximum absolute atomic E-state index is 3.77. The van der Waals surface area contributed by atoms with E-state index < -0.39 is 0 Å². The van der Waals surface area contributed by atoms with Crippen LogP contribution in [0, 0.1) is 5.92 Å². The van der Waals surface area contributed by atoms with Crippen LogP contribution in [0.5, 0.6) is 0 Å². The second kappa shape index (κ2) is 5.50. The highest BCUT2D eigenvalue weighted by Crippen LogP contribution is 2.34. The third kappa shape index (κ3) is 2.60. The van der Waals surface area contributed by atoms with Gasteiger partial charge in [-0.15, -0.1) is 0 Å². The number of hydrogen-bond acceptors (Lipinski definition) is 2. The normalized spacial score (nSPS) is 39.2. The summed E-state index contributed by atoms with van der Waals surface area (Å²) in [6, 6.07) is 3.30. The van der Waals surface area contributed by atoms with E-state index in [0.717, 1.165) is 30.1 Å². The zero-order valence-corrected chi connectivity index (χ0v) is 12.2. The van der Waals surface area contributed by atoms with Crippen molar-refractivity contribution in [3.8, 4) is 0 Å². The van der Waals surface area contributed by atoms with Crippen LogP contribution in [0.1, 0.15) is 64.7 Å². The maximum atomic E-state index is 3.77. The molecule has 18 heavy (non-hydrogen) atoms. The molecule has 0 aromatic heterocycles. The number of rotatable bonds is 3. The minimum atomic E-state index is 0.799. The second-order valence-corrected chi connectivity index (χ2v) is 7.07. The van der Waals surface area contributed by atoms with E-state index in [1.165, 1.54) is 57.8 Å². The summed E-state index contributed by atoms with van der Waals surface area (Å²) in [4.78, 5) is 2.74. The molecule has 3 unspecified atom stereocenters. The Kier molecular flexibility index (Phi) is 3.95. The van der Waals surface area contributed by atoms with Gasteiger partial charge in [0, 0.05) is 24.2 Å². The van der Waals surface area contributed by atoms with Crippen LogP contribution in [0.2, 0.25) is 0 Å². The van der Waals surface area contributed by atoms with Crippen molar-refractivity contribution in [2.24, 2.45) is 5.92 Å². The molecule has 2 aliphatic heterocycles. The van der Waals surface area contributed by atoms with E-state index in [9.17, 15) is 0 Å². The second-order valence-electron chi connectivity index (χ2n) is 7.07. The molecule has 3 rings (SSSR count). The summed E-state index contributed by atoms with van der Waals surface area (Å²) in [6.45, 7) is 2.49. The predicted molar refractivity (Wildman–Crippen MR) is 76.8 cm³/mol. The topological polar surface area (TPSA) is 15.3 Å². The van der Waals surface area contributed by atoms with Gasteiger partial charge >= 0.3 is 0 Å². The molecule has 0 amide bonds. The van der Waals surface area contributed by atoms with E-state index in [1.807, 2.05) is 0 Å². The van der Waals surface area contributed by atoms with Crippen molar-refractivity contribution in [3.63, 3.8) is 0 Å². The van der Waals surface area contributed by atoms with Crippen LogP contribution in [0.3, 0.4) is 0 Å². The Labute approximate surface area is 113 Å². The third-order valence-corrected chi connectivity index (χ3v) is 6.00. The summed E-state index contributed by atoms with van der Waals surface area (Å²) >= 11 is 0. The van der Waals surface area contributed by atoms with E-state index in [-0.39, 0.29) is 0 Å². The molecular formula is C16H30N2. The SMILES string of the molecule is CC(C1CCCCC1)N(C)C1CC2CCC(C1)N2. The zero-order valence-electron chi connectivity index (χ0n) is 12.2. The largest absolute Gasteiger partial charge is 0.311 e. The molecule has 2 heterocycles. The summed E-state index contributed by atoms with van der Waals surface area (Å²) < 4.78 is 0. The first kappa shape index (κ1) is 12.9. The van der Waals surface area contributed by atoms with Gasteiger partial charge < -0.3 is 10.2 Å². The number of fused-ring (bicyclic) bond motifs is 2. The standard InChI is InChI=1S/C16H30N2/c1-12(13-6-4-3-5-7-13)18(2)16-10-14-8-9-15(11-16)17-14/h12-17H,3-11H2,1-2H3. The summed E-state index contributed by atoms with van der Waals surface area (Å²) in [7, 11) is 2.40. The molecule has 1 saturated carbocycles. The Morgan fingerprint density at radius 2 is 1.56 bits per heavy atom. The molecule has 2 bridgehead atoms. The predicted octanol–water partition coefficient (Wildman–Crippen LogP) is 3.17. The van der Waals surface area contributed by atoms with E-state index >= 15 is 0 Å². The summed E-state index contributed by atoms with van der Waals surface area (Å²) in [6.07, 6.45) is 13.0. The molecule has 2 heteroatoms. The Morgan fingerprint density at radius 3 is 2.17 bits per heavy atom. The Morgan fingerprint density at radius 1 is 0.944 bits per heavy atom. The molecule has 3 atom stereocenters. The van der Waals surface area contributed by atoms with Crippen LogP contribution in [-0.2, 0) is 0 Å². The molecule has 1 N–H and O–H groups in total. The molecule has 0 spiro atoms. The third-order valence-electron chi connectivity index (χ3n) is 6.00. The fourth-order valence-corrected chi connectivity index (χ4v) is 4.64. The lowest BCUT2D eigenvalue weighted by Crippen LogP contribution is -2.51. The van der Waals surface area contributed by atoms with Crippen LogP contribution in [-0.4, -0.2) is 36.1 Å². The molecule has 1 aliphatic carbocycles. The van der Waals surface area contributed by atoms with Gasteiger partial charge in [0.25, 0.3) is 0 Å². The number of hydrogen-bond donors (Lipinski definition) is 1. The zero-order chi connectivity index (χ0) is 12.5. The van der Waals surface area contributed by atoms with Crippen LogP contribution >= 0.6 is 0 Å². The highest BCUT2D eigenvalue weighted by Gasteiger charge is 2.37. The number of nitrogens with one attached hydrogen (secondary N) is 1. The van der Waals surface area contributed by atoms with Gasteiger partial charge in [0.05, 0.1) is 0 Å². The van der Waals surface area contributed by atoms with Crippen molar-refractivity contribution < 1.29 is 0 Å². The van der Waals surface area contributed by atoms with Gasteiger partial charge in [-0.05, 0) is 58.4 Å². The van der Waals surface area contributed by atoms with Gasteiger partial charge in [-0.1, -0.05) is 19.3 Å². The van der Waals surface area contributed by atoms with E-state index in [2.05, 4.69) is 24.2 Å². The van der Waals surface area contributed by atoms with Crippen molar-refractivity contribution in [2.45, 2.75) is 88.9 Å². The first-order chi connectivity index (χ1) is 8.74. The van der Waals surface area contributed by atoms with Gasteiger partial charge in [0.2, 0.25) is 0 Å². The van der Waals surface area contributed by atoms with E-state index in [1.54, 1.807) is 0 Å². The molecule has 104 valence electrons. The average molecular weight is 250 g/mol. The highest BCUT2D eigenvalue weighted by atomic mass is 15.2. The van der Waals surface area contributed by atoms with Crippen molar-refractivity contribution in [2.75, 3.05) is 7.05 Å². The molecule has 2 saturated heterocycles. The first-order valence-electron chi connectivity index (χ1n) is 8.22. The highest BCUT2D eigenvalue weighted by molar-refractivity contribution is 4.96. The smallest absolute Gasteiger partial charge is 0.0125 e. The Balaban J connectivity index is 1.57. The molecule has 0 aromatic rings. The van der Waals surface area contributed by atoms with Gasteiger partial charge in [-0.25, -0.2) is 0 Å². The van der Waals surface area contributed by atoms with Crippen LogP contribution < -0.4 is 5.32 Å². The van der Waals surface area contributed by atoms with Crippen LogP contribution in [0.15, 0.2) is 0 Å². The van der Waals surface area contributed by atoms with E-state index in [4.69, 9.17) is 0 Å². The lowest BCUT2D eigenvalue weighted by Gasteiger charge is -2.42. The van der Waals surface area contributed by atoms with Crippen molar-refractivity contribution >= 4 is 0 Å². The minimum absolute atomic E-state index is 0.799. The molecule has 0 aromatic carbocycles. The lowest BCUT2D eigenvalue weighted by atomic mass is 9.83. The molecule has 3 fully saturated rings. The molecule has 2 nitrogen and oxygen atoms in total. The van der Waals surface area contributed by atoms with Crippen molar-refractivity contribution in [3.05, 3.63) is 0 Å². The fraction of sp³-hybridized carbons (Fsp3) is 1.00. The quantitative estimate of drug-likeness (QED) is 0.827.